The molecule has 3 N–H and O–H groups in total. The van der Waals surface area contributed by atoms with Crippen molar-refractivity contribution in [3.05, 3.63) is 59.7 Å². The molecule has 1 amide bonds. The SMILES string of the molecule is NC[C@@H]1CN(C(=O)OCC2c3ccccc3-c3ccccc32)C[C@]1(F)C(=O)O. The number of alkyl halides is 1. The van der Waals surface area contributed by atoms with Gasteiger partial charge in [0.25, 0.3) is 0 Å². The van der Waals surface area contributed by atoms with E-state index in [2.05, 4.69) is 0 Å². The Morgan fingerprint density at radius 1 is 1.14 bits per heavy atom. The van der Waals surface area contributed by atoms with Crippen LogP contribution in [-0.4, -0.2) is 54.0 Å². The lowest BCUT2D eigenvalue weighted by molar-refractivity contribution is -0.152. The van der Waals surface area contributed by atoms with Gasteiger partial charge in [-0.15, -0.1) is 0 Å². The summed E-state index contributed by atoms with van der Waals surface area (Å²) in [6.45, 7) is -0.685. The van der Waals surface area contributed by atoms with Crippen molar-refractivity contribution in [2.45, 2.75) is 11.6 Å². The van der Waals surface area contributed by atoms with E-state index in [9.17, 15) is 19.1 Å². The molecule has 0 aromatic heterocycles. The molecule has 28 heavy (non-hydrogen) atoms. The predicted molar refractivity (Wildman–Crippen MR) is 101 cm³/mol. The average molecular weight is 384 g/mol. The summed E-state index contributed by atoms with van der Waals surface area (Å²) in [5.74, 6) is -2.67. The van der Waals surface area contributed by atoms with E-state index in [1.165, 1.54) is 0 Å². The standard InChI is InChI=1S/C21H21FN2O4/c22-21(19(25)26)12-24(10-13(21)9-23)20(27)28-11-18-16-7-3-1-5-14(16)15-6-2-4-8-17(15)18/h1-8,13,18H,9-12,23H2,(H,25,26)/t13-,21-/m1/s1. The maximum Gasteiger partial charge on any atom is 0.409 e. The summed E-state index contributed by atoms with van der Waals surface area (Å²) in [6.07, 6.45) is -0.721. The number of rotatable bonds is 4. The highest BCUT2D eigenvalue weighted by Gasteiger charge is 2.54. The molecule has 1 fully saturated rings. The number of carbonyl (C=O) groups excluding carboxylic acids is 1. The highest BCUT2D eigenvalue weighted by Crippen LogP contribution is 2.44. The zero-order valence-electron chi connectivity index (χ0n) is 15.2. The number of amides is 1. The van der Waals surface area contributed by atoms with Gasteiger partial charge in [0.1, 0.15) is 6.61 Å². The van der Waals surface area contributed by atoms with Crippen LogP contribution in [0.2, 0.25) is 0 Å². The number of carboxylic acid groups (broad SMARTS) is 1. The number of fused-ring (bicyclic) bond motifs is 3. The first-order valence-electron chi connectivity index (χ1n) is 9.18. The van der Waals surface area contributed by atoms with E-state index in [1.807, 2.05) is 48.5 Å². The number of hydrogen-bond acceptors (Lipinski definition) is 4. The van der Waals surface area contributed by atoms with Gasteiger partial charge < -0.3 is 20.5 Å². The van der Waals surface area contributed by atoms with E-state index in [1.54, 1.807) is 0 Å². The third-order valence-corrected chi connectivity index (χ3v) is 5.74. The zero-order chi connectivity index (χ0) is 19.9. The van der Waals surface area contributed by atoms with Gasteiger partial charge in [-0.1, -0.05) is 48.5 Å². The van der Waals surface area contributed by atoms with E-state index >= 15 is 0 Å². The second-order valence-electron chi connectivity index (χ2n) is 7.28. The van der Waals surface area contributed by atoms with Crippen LogP contribution in [0, 0.1) is 5.92 Å². The third kappa shape index (κ3) is 2.82. The zero-order valence-corrected chi connectivity index (χ0v) is 15.2. The molecule has 0 saturated carbocycles. The lowest BCUT2D eigenvalue weighted by Crippen LogP contribution is -2.45. The molecule has 4 rings (SSSR count). The van der Waals surface area contributed by atoms with Crippen LogP contribution >= 0.6 is 0 Å². The van der Waals surface area contributed by atoms with E-state index in [4.69, 9.17) is 10.5 Å². The molecule has 1 saturated heterocycles. The Kier molecular flexibility index (Phi) is 4.55. The molecule has 0 bridgehead atoms. The maximum atomic E-state index is 14.7. The Morgan fingerprint density at radius 3 is 2.21 bits per heavy atom. The first kappa shape index (κ1) is 18.4. The van der Waals surface area contributed by atoms with Gasteiger partial charge in [-0.25, -0.2) is 14.0 Å². The summed E-state index contributed by atoms with van der Waals surface area (Å²) in [4.78, 5) is 24.9. The summed E-state index contributed by atoms with van der Waals surface area (Å²) < 4.78 is 20.2. The third-order valence-electron chi connectivity index (χ3n) is 5.74. The summed E-state index contributed by atoms with van der Waals surface area (Å²) in [5.41, 5.74) is 7.33. The second-order valence-corrected chi connectivity index (χ2v) is 7.28. The number of aliphatic carboxylic acids is 1. The van der Waals surface area contributed by atoms with Gasteiger partial charge in [-0.3, -0.25) is 0 Å². The van der Waals surface area contributed by atoms with Crippen molar-refractivity contribution in [2.24, 2.45) is 11.7 Å². The average Bonchev–Trinajstić information content (AvgIpc) is 3.22. The molecule has 1 aliphatic heterocycles. The van der Waals surface area contributed by atoms with Crippen molar-refractivity contribution >= 4 is 12.1 Å². The van der Waals surface area contributed by atoms with E-state index in [0.29, 0.717) is 0 Å². The molecule has 146 valence electrons. The molecule has 1 aliphatic carbocycles. The summed E-state index contributed by atoms with van der Waals surface area (Å²) in [7, 11) is 0. The largest absolute Gasteiger partial charge is 0.479 e. The molecule has 2 atom stereocenters. The molecule has 0 unspecified atom stereocenters. The minimum absolute atomic E-state index is 0.0734. The number of ether oxygens (including phenoxy) is 1. The normalized spacial score (nSPS) is 23.4. The minimum atomic E-state index is -2.54. The van der Waals surface area contributed by atoms with E-state index in [0.717, 1.165) is 27.2 Å². The Balaban J connectivity index is 1.50. The van der Waals surface area contributed by atoms with E-state index in [-0.39, 0.29) is 25.6 Å². The molecule has 2 aromatic carbocycles. The fraction of sp³-hybridized carbons (Fsp3) is 0.333. The van der Waals surface area contributed by atoms with Crippen molar-refractivity contribution in [3.8, 4) is 11.1 Å². The van der Waals surface area contributed by atoms with Crippen LogP contribution in [0.1, 0.15) is 17.0 Å². The van der Waals surface area contributed by atoms with Crippen LogP contribution < -0.4 is 5.73 Å². The number of carboxylic acids is 1. The highest BCUT2D eigenvalue weighted by molar-refractivity contribution is 5.81. The molecule has 2 aromatic rings. The van der Waals surface area contributed by atoms with Gasteiger partial charge in [-0.2, -0.15) is 0 Å². The number of nitrogens with two attached hydrogens (primary N) is 1. The van der Waals surface area contributed by atoms with Crippen LogP contribution in [-0.2, 0) is 9.53 Å². The van der Waals surface area contributed by atoms with Crippen LogP contribution in [0.25, 0.3) is 11.1 Å². The number of carbonyl (C=O) groups is 2. The van der Waals surface area contributed by atoms with E-state index < -0.39 is 30.2 Å². The maximum absolute atomic E-state index is 14.7. The van der Waals surface area contributed by atoms with Crippen molar-refractivity contribution in [2.75, 3.05) is 26.2 Å². The minimum Gasteiger partial charge on any atom is -0.479 e. The first-order chi connectivity index (χ1) is 13.5. The lowest BCUT2D eigenvalue weighted by atomic mass is 9.93. The molecular formula is C21H21FN2O4. The van der Waals surface area contributed by atoms with Gasteiger partial charge in [0.2, 0.25) is 5.67 Å². The summed E-state index contributed by atoms with van der Waals surface area (Å²) >= 11 is 0. The van der Waals surface area contributed by atoms with Crippen molar-refractivity contribution < 1.29 is 23.8 Å². The molecular weight excluding hydrogens is 363 g/mol. The van der Waals surface area contributed by atoms with Crippen LogP contribution in [0.5, 0.6) is 0 Å². The monoisotopic (exact) mass is 384 g/mol. The molecule has 7 heteroatoms. The quantitative estimate of drug-likeness (QED) is 0.845. The fourth-order valence-corrected chi connectivity index (χ4v) is 4.21. The first-order valence-corrected chi connectivity index (χ1v) is 9.18. The smallest absolute Gasteiger partial charge is 0.409 e. The Labute approximate surface area is 161 Å². The molecule has 0 radical (unpaired) electrons. The van der Waals surface area contributed by atoms with Crippen molar-refractivity contribution in [1.29, 1.82) is 0 Å². The topological polar surface area (TPSA) is 92.9 Å². The molecule has 1 heterocycles. The highest BCUT2D eigenvalue weighted by atomic mass is 19.1. The fourth-order valence-electron chi connectivity index (χ4n) is 4.21. The van der Waals surface area contributed by atoms with Gasteiger partial charge in [0.05, 0.1) is 6.54 Å². The summed E-state index contributed by atoms with van der Waals surface area (Å²) in [5, 5.41) is 9.19. The number of hydrogen-bond donors (Lipinski definition) is 2. The Bertz CT molecular complexity index is 889. The van der Waals surface area contributed by atoms with Crippen molar-refractivity contribution in [3.63, 3.8) is 0 Å². The van der Waals surface area contributed by atoms with Gasteiger partial charge >= 0.3 is 12.1 Å². The number of nitrogens with zero attached hydrogens (tertiary/aromatic N) is 1. The number of halogens is 1. The molecule has 2 aliphatic rings. The molecule has 0 spiro atoms. The van der Waals surface area contributed by atoms with Crippen LogP contribution in [0.4, 0.5) is 9.18 Å². The number of benzene rings is 2. The van der Waals surface area contributed by atoms with Gasteiger partial charge in [0.15, 0.2) is 0 Å². The molecule has 6 nitrogen and oxygen atoms in total. The van der Waals surface area contributed by atoms with Gasteiger partial charge in [0, 0.05) is 24.9 Å². The van der Waals surface area contributed by atoms with Gasteiger partial charge in [-0.05, 0) is 22.3 Å². The Hall–Kier alpha value is -2.93. The van der Waals surface area contributed by atoms with Crippen LogP contribution in [0.3, 0.4) is 0 Å². The van der Waals surface area contributed by atoms with Crippen molar-refractivity contribution in [1.82, 2.24) is 4.90 Å². The predicted octanol–water partition coefficient (Wildman–Crippen LogP) is 2.62. The Morgan fingerprint density at radius 2 is 1.71 bits per heavy atom. The number of likely N-dealkylation sites (tertiary alicyclic amines) is 1. The van der Waals surface area contributed by atoms with Crippen LogP contribution in [0.15, 0.2) is 48.5 Å². The second kappa shape index (κ2) is 6.91. The summed E-state index contributed by atoms with van der Waals surface area (Å²) in [6, 6.07) is 15.9. The lowest BCUT2D eigenvalue weighted by Gasteiger charge is -2.20.